The average Bonchev–Trinajstić information content (AvgIpc) is 3.33. The van der Waals surface area contributed by atoms with Crippen LogP contribution in [0.5, 0.6) is 5.75 Å². The largest absolute Gasteiger partial charge is 0.496 e. The number of rotatable bonds is 5. The van der Waals surface area contributed by atoms with Crippen molar-refractivity contribution in [2.75, 3.05) is 14.2 Å². The van der Waals surface area contributed by atoms with Crippen LogP contribution in [0.25, 0.3) is 11.0 Å². The van der Waals surface area contributed by atoms with Gasteiger partial charge in [-0.15, -0.1) is 0 Å². The van der Waals surface area contributed by atoms with Gasteiger partial charge >= 0.3 is 0 Å². The molecule has 0 aliphatic heterocycles. The molecule has 1 aromatic heterocycles. The van der Waals surface area contributed by atoms with Crippen LogP contribution in [0, 0.1) is 5.92 Å². The molecule has 4 rings (SSSR count). The molecule has 1 fully saturated rings. The molecule has 25 heavy (non-hydrogen) atoms. The number of aromatic nitrogens is 2. The minimum absolute atomic E-state index is 0.0330. The first kappa shape index (κ1) is 15.7. The van der Waals surface area contributed by atoms with Gasteiger partial charge in [0, 0.05) is 13.0 Å². The number of methoxy groups -OCH3 is 1. The number of aromatic amines is 1. The van der Waals surface area contributed by atoms with E-state index in [0.29, 0.717) is 6.54 Å². The summed E-state index contributed by atoms with van der Waals surface area (Å²) in [6, 6.07) is 15.8. The van der Waals surface area contributed by atoms with E-state index >= 15 is 0 Å². The molecule has 1 aliphatic rings. The molecule has 0 radical (unpaired) electrons. The molecule has 0 unspecified atom stereocenters. The Hall–Kier alpha value is -2.82. The maximum absolute atomic E-state index is 12.8. The van der Waals surface area contributed by atoms with Gasteiger partial charge in [0.25, 0.3) is 0 Å². The molecule has 5 nitrogen and oxygen atoms in total. The number of fused-ring (bicyclic) bond motifs is 1. The molecular formula is C20H21N3O2. The smallest absolute Gasteiger partial charge is 0.226 e. The SMILES string of the molecule is COc1ccccc1[C@@H]1C[C@H]1C(=O)N(C)Cc1nc2ccccc2[nH]1. The maximum atomic E-state index is 12.8. The molecule has 1 saturated carbocycles. The van der Waals surface area contributed by atoms with Gasteiger partial charge in [0.2, 0.25) is 5.91 Å². The summed E-state index contributed by atoms with van der Waals surface area (Å²) in [5.74, 6) is 2.12. The standard InChI is InChI=1S/C20H21N3O2/c1-23(12-19-21-16-8-4-5-9-17(16)22-19)20(24)15-11-14(15)13-7-3-6-10-18(13)25-2/h3-10,14-15H,11-12H2,1-2H3,(H,21,22)/t14-,15+/m0/s1. The first-order chi connectivity index (χ1) is 12.2. The van der Waals surface area contributed by atoms with Crippen LogP contribution in [-0.4, -0.2) is 34.9 Å². The number of hydrogen-bond donors (Lipinski definition) is 1. The number of carbonyl (C=O) groups is 1. The summed E-state index contributed by atoms with van der Waals surface area (Å²) in [6.07, 6.45) is 0.879. The zero-order valence-electron chi connectivity index (χ0n) is 14.4. The van der Waals surface area contributed by atoms with Crippen molar-refractivity contribution < 1.29 is 9.53 Å². The van der Waals surface area contributed by atoms with Gasteiger partial charge in [-0.2, -0.15) is 0 Å². The van der Waals surface area contributed by atoms with Gasteiger partial charge in [0.1, 0.15) is 11.6 Å². The van der Waals surface area contributed by atoms with Gasteiger partial charge in [-0.3, -0.25) is 4.79 Å². The molecule has 1 aliphatic carbocycles. The predicted molar refractivity (Wildman–Crippen MR) is 96.4 cm³/mol. The Morgan fingerprint density at radius 2 is 2.00 bits per heavy atom. The first-order valence-corrected chi connectivity index (χ1v) is 8.49. The third-order valence-electron chi connectivity index (χ3n) is 4.85. The van der Waals surface area contributed by atoms with E-state index in [4.69, 9.17) is 4.74 Å². The molecule has 0 spiro atoms. The van der Waals surface area contributed by atoms with Gasteiger partial charge in [-0.05, 0) is 36.1 Å². The number of ether oxygens (including phenoxy) is 1. The van der Waals surface area contributed by atoms with Gasteiger partial charge in [0.05, 0.1) is 24.7 Å². The Morgan fingerprint density at radius 1 is 1.24 bits per heavy atom. The molecule has 3 aromatic rings. The number of hydrogen-bond acceptors (Lipinski definition) is 3. The topological polar surface area (TPSA) is 58.2 Å². The summed E-state index contributed by atoms with van der Waals surface area (Å²) >= 11 is 0. The van der Waals surface area contributed by atoms with Gasteiger partial charge in [-0.1, -0.05) is 30.3 Å². The first-order valence-electron chi connectivity index (χ1n) is 8.49. The Morgan fingerprint density at radius 3 is 2.80 bits per heavy atom. The van der Waals surface area contributed by atoms with Crippen LogP contribution in [0.2, 0.25) is 0 Å². The number of nitrogens with zero attached hydrogens (tertiary/aromatic N) is 2. The van der Waals surface area contributed by atoms with E-state index in [2.05, 4.69) is 16.0 Å². The predicted octanol–water partition coefficient (Wildman–Crippen LogP) is 3.33. The maximum Gasteiger partial charge on any atom is 0.226 e. The lowest BCUT2D eigenvalue weighted by atomic mass is 10.1. The van der Waals surface area contributed by atoms with Gasteiger partial charge in [-0.25, -0.2) is 4.98 Å². The second-order valence-electron chi connectivity index (χ2n) is 6.59. The van der Waals surface area contributed by atoms with Crippen molar-refractivity contribution in [3.8, 4) is 5.75 Å². The number of para-hydroxylation sites is 3. The lowest BCUT2D eigenvalue weighted by molar-refractivity contribution is -0.132. The van der Waals surface area contributed by atoms with E-state index in [1.807, 2.05) is 49.5 Å². The fourth-order valence-corrected chi connectivity index (χ4v) is 3.45. The summed E-state index contributed by atoms with van der Waals surface area (Å²) in [4.78, 5) is 22.3. The Kier molecular flexibility index (Phi) is 3.92. The van der Waals surface area contributed by atoms with Crippen molar-refractivity contribution >= 4 is 16.9 Å². The van der Waals surface area contributed by atoms with Gasteiger partial charge in [0.15, 0.2) is 0 Å². The van der Waals surface area contributed by atoms with Crippen LogP contribution in [0.4, 0.5) is 0 Å². The van der Waals surface area contributed by atoms with Crippen molar-refractivity contribution in [1.82, 2.24) is 14.9 Å². The summed E-state index contributed by atoms with van der Waals surface area (Å²) in [5, 5.41) is 0. The third-order valence-corrected chi connectivity index (χ3v) is 4.85. The highest BCUT2D eigenvalue weighted by Gasteiger charge is 2.46. The van der Waals surface area contributed by atoms with E-state index in [9.17, 15) is 4.79 Å². The zero-order chi connectivity index (χ0) is 17.4. The van der Waals surface area contributed by atoms with Crippen LogP contribution in [0.15, 0.2) is 48.5 Å². The number of H-pyrrole nitrogens is 1. The second kappa shape index (κ2) is 6.24. The molecule has 1 heterocycles. The lowest BCUT2D eigenvalue weighted by Gasteiger charge is -2.16. The summed E-state index contributed by atoms with van der Waals surface area (Å²) in [5.41, 5.74) is 3.05. The highest BCUT2D eigenvalue weighted by molar-refractivity contribution is 5.83. The van der Waals surface area contributed by atoms with E-state index in [-0.39, 0.29) is 17.7 Å². The molecule has 1 N–H and O–H groups in total. The fourth-order valence-electron chi connectivity index (χ4n) is 3.45. The van der Waals surface area contributed by atoms with Crippen molar-refractivity contribution in [1.29, 1.82) is 0 Å². The lowest BCUT2D eigenvalue weighted by Crippen LogP contribution is -2.28. The second-order valence-corrected chi connectivity index (χ2v) is 6.59. The van der Waals surface area contributed by atoms with Crippen LogP contribution >= 0.6 is 0 Å². The average molecular weight is 335 g/mol. The summed E-state index contributed by atoms with van der Waals surface area (Å²) < 4.78 is 5.42. The van der Waals surface area contributed by atoms with E-state index in [1.165, 1.54) is 0 Å². The molecular weight excluding hydrogens is 314 g/mol. The Labute approximate surface area is 146 Å². The number of benzene rings is 2. The van der Waals surface area contributed by atoms with E-state index in [1.54, 1.807) is 12.0 Å². The third kappa shape index (κ3) is 2.97. The number of imidazole rings is 1. The molecule has 2 atom stereocenters. The minimum atomic E-state index is 0.0330. The van der Waals surface area contributed by atoms with E-state index < -0.39 is 0 Å². The zero-order valence-corrected chi connectivity index (χ0v) is 14.4. The van der Waals surface area contributed by atoms with Crippen LogP contribution in [0.1, 0.15) is 23.7 Å². The number of nitrogens with one attached hydrogen (secondary N) is 1. The Balaban J connectivity index is 1.44. The molecule has 0 bridgehead atoms. The Bertz CT molecular complexity index is 885. The highest BCUT2D eigenvalue weighted by atomic mass is 16.5. The molecule has 5 heteroatoms. The van der Waals surface area contributed by atoms with Crippen molar-refractivity contribution in [2.45, 2.75) is 18.9 Å². The normalized spacial score (nSPS) is 19.0. The fraction of sp³-hybridized carbons (Fsp3) is 0.300. The molecule has 0 saturated heterocycles. The number of amides is 1. The highest BCUT2D eigenvalue weighted by Crippen LogP contribution is 2.51. The van der Waals surface area contributed by atoms with E-state index in [0.717, 1.165) is 34.6 Å². The van der Waals surface area contributed by atoms with Crippen molar-refractivity contribution in [3.05, 3.63) is 59.9 Å². The minimum Gasteiger partial charge on any atom is -0.496 e. The monoisotopic (exact) mass is 335 g/mol. The summed E-state index contributed by atoms with van der Waals surface area (Å²) in [7, 11) is 3.51. The molecule has 1 amide bonds. The van der Waals surface area contributed by atoms with Crippen molar-refractivity contribution in [3.63, 3.8) is 0 Å². The van der Waals surface area contributed by atoms with Crippen LogP contribution in [0.3, 0.4) is 0 Å². The van der Waals surface area contributed by atoms with Crippen molar-refractivity contribution in [2.24, 2.45) is 5.92 Å². The van der Waals surface area contributed by atoms with Crippen LogP contribution in [-0.2, 0) is 11.3 Å². The number of carbonyl (C=O) groups excluding carboxylic acids is 1. The molecule has 2 aromatic carbocycles. The molecule has 128 valence electrons. The quantitative estimate of drug-likeness (QED) is 0.778. The van der Waals surface area contributed by atoms with Gasteiger partial charge < -0.3 is 14.6 Å². The van der Waals surface area contributed by atoms with Crippen LogP contribution < -0.4 is 4.74 Å². The summed E-state index contributed by atoms with van der Waals surface area (Å²) in [6.45, 7) is 0.489.